The van der Waals surface area contributed by atoms with Crippen molar-refractivity contribution in [1.82, 2.24) is 24.0 Å². The van der Waals surface area contributed by atoms with E-state index in [1.54, 1.807) is 22.8 Å². The number of nitrogens with one attached hydrogen (secondary N) is 1. The number of aryl methyl sites for hydroxylation is 1. The van der Waals surface area contributed by atoms with E-state index in [2.05, 4.69) is 11.2 Å². The van der Waals surface area contributed by atoms with Crippen LogP contribution in [0.2, 0.25) is 0 Å². The Balaban J connectivity index is 1.73. The number of aromatic nitrogens is 4. The minimum atomic E-state index is -0.655. The second-order valence-electron chi connectivity index (χ2n) is 12.1. The first-order chi connectivity index (χ1) is 20.8. The first-order valence-electron chi connectivity index (χ1n) is 14.6. The molecule has 1 unspecified atom stereocenters. The lowest BCUT2D eigenvalue weighted by molar-refractivity contribution is 0.0499. The number of ether oxygens (including phenoxy) is 2. The van der Waals surface area contributed by atoms with Gasteiger partial charge in [0.2, 0.25) is 5.95 Å². The first kappa shape index (κ1) is 32.1. The molecule has 1 amide bonds. The van der Waals surface area contributed by atoms with E-state index in [9.17, 15) is 19.2 Å². The van der Waals surface area contributed by atoms with Crippen LogP contribution in [0, 0.1) is 12.3 Å². The molecule has 234 valence electrons. The number of hydrogen-bond donors (Lipinski definition) is 1. The maximum atomic E-state index is 14.0. The van der Waals surface area contributed by atoms with Crippen molar-refractivity contribution in [2.24, 2.45) is 7.05 Å². The number of ketones is 1. The van der Waals surface area contributed by atoms with Gasteiger partial charge in [0.1, 0.15) is 18.0 Å². The number of imidazole rings is 1. The lowest BCUT2D eigenvalue weighted by atomic mass is 10.1. The van der Waals surface area contributed by atoms with E-state index in [-0.39, 0.29) is 29.4 Å². The third-order valence-electron chi connectivity index (χ3n) is 7.10. The molecule has 1 aromatic carbocycles. The summed E-state index contributed by atoms with van der Waals surface area (Å²) in [4.78, 5) is 59.9. The number of nitrogens with zero attached hydrogens (tertiary/aromatic N) is 5. The molecule has 12 nitrogen and oxygen atoms in total. The van der Waals surface area contributed by atoms with Crippen LogP contribution < -0.4 is 26.2 Å². The smallest absolute Gasteiger partial charge is 0.407 e. The summed E-state index contributed by atoms with van der Waals surface area (Å²) in [6.45, 7) is 10.3. The number of allylic oxidation sites excluding steroid dienone is 2. The van der Waals surface area contributed by atoms with Crippen molar-refractivity contribution in [2.75, 3.05) is 24.6 Å². The average molecular weight is 605 g/mol. The molecule has 1 aliphatic heterocycles. The van der Waals surface area contributed by atoms with Crippen molar-refractivity contribution < 1.29 is 19.1 Å². The van der Waals surface area contributed by atoms with Crippen molar-refractivity contribution in [3.05, 3.63) is 62.3 Å². The Morgan fingerprint density at radius 2 is 1.95 bits per heavy atom. The highest BCUT2D eigenvalue weighted by Crippen LogP contribution is 2.24. The van der Waals surface area contributed by atoms with Gasteiger partial charge >= 0.3 is 11.8 Å². The highest BCUT2D eigenvalue weighted by Gasteiger charge is 2.29. The van der Waals surface area contributed by atoms with Crippen LogP contribution in [-0.4, -0.2) is 61.9 Å². The molecule has 3 heterocycles. The summed E-state index contributed by atoms with van der Waals surface area (Å²) in [7, 11) is 1.53. The number of hydrogen-bond acceptors (Lipinski definition) is 8. The normalized spacial score (nSPS) is 15.0. The maximum Gasteiger partial charge on any atom is 0.407 e. The Labute approximate surface area is 256 Å². The van der Waals surface area contributed by atoms with Crippen molar-refractivity contribution in [2.45, 2.75) is 72.2 Å². The van der Waals surface area contributed by atoms with E-state index in [0.29, 0.717) is 31.3 Å². The van der Waals surface area contributed by atoms with Crippen molar-refractivity contribution >= 4 is 29.0 Å². The van der Waals surface area contributed by atoms with E-state index < -0.39 is 35.3 Å². The molecule has 0 bridgehead atoms. The fourth-order valence-corrected chi connectivity index (χ4v) is 5.06. The van der Waals surface area contributed by atoms with Crippen molar-refractivity contribution in [1.29, 1.82) is 0 Å². The van der Waals surface area contributed by atoms with Crippen LogP contribution in [0.15, 0.2) is 45.5 Å². The standard InChI is InChI=1S/C32H40N6O6/c1-8-17-43-24-13-9-11-22(18-24)25(39)20-38-28(40)26-27(35(7)31(38)42)34-29(37(26)16-14-21(2)3)36-15-10-12-23(19-36)33-30(41)44-32(4,5)6/h1,9,11,13-14,18,23H,10,12,15-17,19-20H2,2-7H3,(H,33,41). The number of carbonyl (C=O) groups excluding carboxylic acids is 2. The van der Waals surface area contributed by atoms with Crippen LogP contribution in [0.1, 0.15) is 57.8 Å². The van der Waals surface area contributed by atoms with Gasteiger partial charge in [0.25, 0.3) is 5.56 Å². The average Bonchev–Trinajstić information content (AvgIpc) is 3.35. The van der Waals surface area contributed by atoms with Gasteiger partial charge in [-0.1, -0.05) is 29.7 Å². The number of alkyl carbamates (subject to hydrolysis) is 1. The molecule has 0 aliphatic carbocycles. The Morgan fingerprint density at radius 3 is 2.64 bits per heavy atom. The second kappa shape index (κ2) is 13.2. The highest BCUT2D eigenvalue weighted by atomic mass is 16.6. The third-order valence-corrected chi connectivity index (χ3v) is 7.10. The zero-order valence-electron chi connectivity index (χ0n) is 26.2. The van der Waals surface area contributed by atoms with Gasteiger partial charge in [-0.2, -0.15) is 4.98 Å². The molecule has 12 heteroatoms. The van der Waals surface area contributed by atoms with Gasteiger partial charge < -0.3 is 24.3 Å². The summed E-state index contributed by atoms with van der Waals surface area (Å²) in [5.41, 5.74) is -0.151. The van der Waals surface area contributed by atoms with Crippen LogP contribution in [0.5, 0.6) is 5.75 Å². The fraction of sp³-hybridized carbons (Fsp3) is 0.469. The number of amides is 1. The number of benzene rings is 1. The molecule has 1 N–H and O–H groups in total. The second-order valence-corrected chi connectivity index (χ2v) is 12.1. The van der Waals surface area contributed by atoms with Gasteiger partial charge in [-0.25, -0.2) is 9.59 Å². The zero-order valence-corrected chi connectivity index (χ0v) is 26.2. The molecule has 3 aromatic rings. The topological polar surface area (TPSA) is 130 Å². The largest absolute Gasteiger partial charge is 0.481 e. The third kappa shape index (κ3) is 7.40. The Kier molecular flexibility index (Phi) is 9.67. The van der Waals surface area contributed by atoms with E-state index in [1.807, 2.05) is 45.6 Å². The summed E-state index contributed by atoms with van der Waals surface area (Å²) in [5, 5.41) is 2.94. The van der Waals surface area contributed by atoms with Crippen LogP contribution >= 0.6 is 0 Å². The number of fused-ring (bicyclic) bond motifs is 1. The molecule has 44 heavy (non-hydrogen) atoms. The van der Waals surface area contributed by atoms with Gasteiger partial charge in [-0.3, -0.25) is 18.7 Å². The van der Waals surface area contributed by atoms with E-state index in [0.717, 1.165) is 23.0 Å². The number of anilines is 1. The number of carbonyl (C=O) groups is 2. The number of piperidine rings is 1. The fourth-order valence-electron chi connectivity index (χ4n) is 5.06. The molecule has 1 aliphatic rings. The molecule has 0 saturated carbocycles. The Morgan fingerprint density at radius 1 is 1.20 bits per heavy atom. The van der Waals surface area contributed by atoms with Gasteiger partial charge in [0.15, 0.2) is 16.9 Å². The summed E-state index contributed by atoms with van der Waals surface area (Å²) in [6.07, 6.45) is 8.26. The summed E-state index contributed by atoms with van der Waals surface area (Å²) in [6, 6.07) is 6.24. The van der Waals surface area contributed by atoms with Crippen LogP contribution in [0.3, 0.4) is 0 Å². The van der Waals surface area contributed by atoms with E-state index >= 15 is 0 Å². The van der Waals surface area contributed by atoms with Gasteiger partial charge in [0, 0.05) is 38.3 Å². The monoisotopic (exact) mass is 604 g/mol. The Hall–Kier alpha value is -4.79. The Bertz CT molecular complexity index is 1750. The van der Waals surface area contributed by atoms with Crippen LogP contribution in [0.25, 0.3) is 11.2 Å². The predicted molar refractivity (Wildman–Crippen MR) is 168 cm³/mol. The van der Waals surface area contributed by atoms with E-state index in [1.165, 1.54) is 17.7 Å². The molecule has 0 spiro atoms. The predicted octanol–water partition coefficient (Wildman–Crippen LogP) is 3.25. The van der Waals surface area contributed by atoms with Crippen LogP contribution in [0.4, 0.5) is 10.7 Å². The molecular weight excluding hydrogens is 564 g/mol. The van der Waals surface area contributed by atoms with E-state index in [4.69, 9.17) is 20.9 Å². The zero-order chi connectivity index (χ0) is 32.2. The SMILES string of the molecule is C#CCOc1cccc(C(=O)Cn2c(=O)c3c(nc(N4CCCC(NC(=O)OC(C)(C)C)C4)n3CC=C(C)C)n(C)c2=O)c1. The van der Waals surface area contributed by atoms with Gasteiger partial charge in [-0.05, 0) is 59.6 Å². The minimum Gasteiger partial charge on any atom is -0.481 e. The quantitative estimate of drug-likeness (QED) is 0.224. The van der Waals surface area contributed by atoms with Crippen LogP contribution in [-0.2, 0) is 24.9 Å². The molecule has 1 atom stereocenters. The molecule has 1 fully saturated rings. The number of rotatable bonds is 9. The van der Waals surface area contributed by atoms with Gasteiger partial charge in [-0.15, -0.1) is 6.42 Å². The molecular formula is C32H40N6O6. The summed E-state index contributed by atoms with van der Waals surface area (Å²) in [5.74, 6) is 2.85. The highest BCUT2D eigenvalue weighted by molar-refractivity contribution is 5.96. The molecule has 4 rings (SSSR count). The lowest BCUT2D eigenvalue weighted by Gasteiger charge is -2.34. The molecule has 0 radical (unpaired) electrons. The minimum absolute atomic E-state index is 0.0428. The molecule has 2 aromatic heterocycles. The lowest BCUT2D eigenvalue weighted by Crippen LogP contribution is -2.49. The summed E-state index contributed by atoms with van der Waals surface area (Å²) >= 11 is 0. The number of Topliss-reactive ketones (excluding diaryl/α,β-unsaturated/α-hetero) is 1. The van der Waals surface area contributed by atoms with Crippen molar-refractivity contribution in [3.8, 4) is 18.1 Å². The molecule has 1 saturated heterocycles. The number of terminal acetylenes is 1. The maximum absolute atomic E-state index is 14.0. The first-order valence-corrected chi connectivity index (χ1v) is 14.6. The van der Waals surface area contributed by atoms with Crippen molar-refractivity contribution in [3.63, 3.8) is 0 Å². The van der Waals surface area contributed by atoms with Gasteiger partial charge in [0.05, 0.1) is 6.54 Å². The summed E-state index contributed by atoms with van der Waals surface area (Å²) < 4.78 is 14.9.